The molecule has 0 spiro atoms. The highest BCUT2D eigenvalue weighted by molar-refractivity contribution is 14.1. The number of carboxylic acid groups (broad SMARTS) is 1. The molecule has 134 heavy (non-hydrogen) atoms. The Morgan fingerprint density at radius 3 is 1.39 bits per heavy atom. The van der Waals surface area contributed by atoms with Gasteiger partial charge in [0.05, 0.1) is 100 Å². The lowest BCUT2D eigenvalue weighted by atomic mass is 9.96. The number of nitrogen functional groups attached to an aromatic ring is 3. The van der Waals surface area contributed by atoms with E-state index in [4.69, 9.17) is 80.0 Å². The first kappa shape index (κ1) is 103. The number of nitro groups is 1. The molecule has 0 atom stereocenters. The molecule has 4 fully saturated rings. The van der Waals surface area contributed by atoms with E-state index in [1.807, 2.05) is 52.9 Å². The summed E-state index contributed by atoms with van der Waals surface area (Å²) in [5.41, 5.74) is 32.4. The number of H-pyrrole nitrogens is 2. The normalized spacial score (nSPS) is 13.1. The summed E-state index contributed by atoms with van der Waals surface area (Å²) in [5.74, 6) is -0.907. The molecule has 0 unspecified atom stereocenters. The smallest absolute Gasteiger partial charge is 0.328 e. The van der Waals surface area contributed by atoms with Crippen molar-refractivity contribution in [2.24, 2.45) is 59.1 Å². The van der Waals surface area contributed by atoms with E-state index in [1.165, 1.54) is 42.4 Å². The molecule has 9 heterocycles. The highest BCUT2D eigenvalue weighted by atomic mass is 127. The Kier molecular flexibility index (Phi) is 40.6. The van der Waals surface area contributed by atoms with Gasteiger partial charge in [-0.3, -0.25) is 61.5 Å². The van der Waals surface area contributed by atoms with Crippen molar-refractivity contribution in [3.63, 3.8) is 0 Å². The zero-order valence-corrected chi connectivity index (χ0v) is 76.8. The average Bonchev–Trinajstić information content (AvgIpc) is 1.61. The summed E-state index contributed by atoms with van der Waals surface area (Å²) < 4.78 is 31.0. The number of carboxylic acids is 1. The summed E-state index contributed by atoms with van der Waals surface area (Å²) in [7, 11) is 11.3. The number of nitrogens with zero attached hydrogens (tertiary/aromatic N) is 16. The summed E-state index contributed by atoms with van der Waals surface area (Å²) in [6.07, 6.45) is 7.44. The Morgan fingerprint density at radius 1 is 0.537 bits per heavy atom. The number of nitro benzene ring substituents is 1. The number of nitrogens with one attached hydrogen (secondary N) is 4. The van der Waals surface area contributed by atoms with Gasteiger partial charge in [0, 0.05) is 143 Å². The summed E-state index contributed by atoms with van der Waals surface area (Å²) in [6, 6.07) is 47.4. The van der Waals surface area contributed by atoms with Crippen LogP contribution in [-0.4, -0.2) is 191 Å². The standard InChI is InChI=1S/C25H26N6O4.C15H18N2O4.C10H12N4O2.C10H9N3O.C8H5N3O.C7H5N3O2.C7H7N3.2C4H8O.CH3I.CH4O/c1-29-19-9-8-18(14-20(19)30(2)25(29)34)22-27-24(35-28-22)17-10-12-31(13-11-17)21(32)15-26-23(33)16-6-4-3-5-7-16;18-13(17-8-6-12(7-9-17)15(20)21)10-16-14(19)11-4-2-1-3-5-11;1-13-7-4-3-6(9(11)12-16)5-8(7)14(2)10(13)15;1-11-7-4-5-8-9(6-7)13(3)10(14)12(8)2;1-9-5-2-3-6-7(4-5)11-8(12)10-6;1-9-5-2-3-6(8)7(4-5)10(11)12;1-10-5-2-3-6(8)7(9)4-5;2*1-2-4-5-3-1;2*1-2/h3-9,14,17H,10-13,15H2,1-2H3,(H,26,33);1-5,12H,6-10H2,(H,16,19)(H,20,21);3-5,16H,1-2H3,(H2,11,12);4-6H,2-3H3;2-4H,(H2,10,11,12);2-4H,8H2;2-4H,8-9H2;2*1-4H2;1H3;2H,1H3/i;;;;;;;;;1D;. The number of halogens is 1. The number of amides is 4. The third-order valence-corrected chi connectivity index (χ3v) is 21.1. The number of imidazole rings is 4. The molecule has 15 N–H and O–H groups in total. The Hall–Kier alpha value is -16.0. The van der Waals surface area contributed by atoms with Crippen LogP contribution in [0, 0.1) is 42.3 Å². The average molecular weight is 1950 g/mol. The third kappa shape index (κ3) is 29.2. The minimum atomic E-state index is -0.806. The predicted molar refractivity (Wildman–Crippen MR) is 518 cm³/mol. The van der Waals surface area contributed by atoms with Crippen LogP contribution in [-0.2, 0) is 66.1 Å². The number of amidine groups is 1. The van der Waals surface area contributed by atoms with Crippen molar-refractivity contribution in [3.8, 4) is 11.4 Å². The number of aromatic nitrogens is 10. The number of rotatable bonds is 11. The predicted octanol–water partition coefficient (Wildman–Crippen LogP) is 11.0. The SMILES string of the molecule is C1CCOC1.C1CCOC1.CO.Cn1c(=O)n(C)c2cc(-c3noc(C4CCN(C(=O)CNC(=O)c5ccccc5)CC4)n3)ccc21.Cn1c(=O)n(C)c2cc(/C(N)=N/O)ccc21.O=C(NCC(=O)N1CCC(C(=O)O)CC1)c1ccccc1.[2H]CI.[C-]#[N+]c1ccc(N)c(N)c1.[C-]#[N+]c1ccc(N)c([N+](=O)[O-])c1.[C-]#[N+]c1ccc2[nH]c(=O)[nH]c2c1.[C-]#[N+]c1ccc2c(c1)n(C)c(=O)n2C. The molecule has 41 nitrogen and oxygen atoms in total. The van der Waals surface area contributed by atoms with Crippen LogP contribution in [0.5, 0.6) is 0 Å². The maximum Gasteiger partial charge on any atom is 0.328 e. The van der Waals surface area contributed by atoms with E-state index in [9.17, 15) is 53.3 Å². The second kappa shape index (κ2) is 52.6. The van der Waals surface area contributed by atoms with E-state index in [2.05, 4.69) is 55.3 Å². The van der Waals surface area contributed by atoms with Gasteiger partial charge in [-0.1, -0.05) is 93.6 Å². The van der Waals surface area contributed by atoms with Crippen LogP contribution in [0.1, 0.15) is 90.8 Å². The topological polar surface area (TPSA) is 540 Å². The second-order valence-corrected chi connectivity index (χ2v) is 29.7. The van der Waals surface area contributed by atoms with Gasteiger partial charge in [0.2, 0.25) is 23.5 Å². The summed E-state index contributed by atoms with van der Waals surface area (Å²) in [5, 5.41) is 47.1. The molecule has 4 aliphatic heterocycles. The maximum absolute atomic E-state index is 12.6. The van der Waals surface area contributed by atoms with Gasteiger partial charge < -0.3 is 82.8 Å². The van der Waals surface area contributed by atoms with Gasteiger partial charge >= 0.3 is 28.7 Å². The van der Waals surface area contributed by atoms with Gasteiger partial charge in [0.1, 0.15) is 5.69 Å². The van der Waals surface area contributed by atoms with Crippen molar-refractivity contribution in [1.82, 2.24) is 67.9 Å². The number of nitrogens with two attached hydrogens (primary N) is 4. The zero-order chi connectivity index (χ0) is 99.0. The van der Waals surface area contributed by atoms with Crippen LogP contribution >= 0.6 is 22.6 Å². The number of aliphatic carboxylic acids is 1. The molecular formula is C92H105IN24O17. The Bertz CT molecular complexity index is 6680. The first-order valence-corrected chi connectivity index (χ1v) is 42.9. The van der Waals surface area contributed by atoms with Crippen molar-refractivity contribution < 1.29 is 59.7 Å². The van der Waals surface area contributed by atoms with E-state index < -0.39 is 10.9 Å². The van der Waals surface area contributed by atoms with Crippen LogP contribution in [0.15, 0.2) is 199 Å². The molecular weight excluding hydrogens is 1840 g/mol. The number of aliphatic hydroxyl groups excluding tert-OH is 1. The van der Waals surface area contributed by atoms with Crippen molar-refractivity contribution in [1.29, 1.82) is 0 Å². The lowest BCUT2D eigenvalue weighted by molar-refractivity contribution is -0.383. The number of benzene rings is 8. The van der Waals surface area contributed by atoms with Crippen LogP contribution < -0.4 is 56.3 Å². The van der Waals surface area contributed by atoms with Gasteiger partial charge in [0.15, 0.2) is 28.6 Å². The maximum atomic E-state index is 12.6. The van der Waals surface area contributed by atoms with Crippen molar-refractivity contribution >= 4 is 148 Å². The van der Waals surface area contributed by atoms with E-state index in [0.29, 0.717) is 119 Å². The van der Waals surface area contributed by atoms with Crippen molar-refractivity contribution in [3.05, 3.63) is 290 Å². The van der Waals surface area contributed by atoms with Gasteiger partial charge in [-0.05, 0) is 159 Å². The highest BCUT2D eigenvalue weighted by Crippen LogP contribution is 2.31. The fourth-order valence-electron chi connectivity index (χ4n) is 13.6. The molecule has 13 aromatic rings. The molecule has 4 amide bonds. The molecule has 0 aliphatic carbocycles. The number of fused-ring (bicyclic) bond motifs is 4. The highest BCUT2D eigenvalue weighted by Gasteiger charge is 2.30. The minimum Gasteiger partial charge on any atom is -0.481 e. The molecule has 0 bridgehead atoms. The van der Waals surface area contributed by atoms with E-state index in [-0.39, 0.29) is 94.2 Å². The minimum absolute atomic E-state index is 0.0261. The molecule has 42 heteroatoms. The third-order valence-electron chi connectivity index (χ3n) is 21.1. The zero-order valence-electron chi connectivity index (χ0n) is 75.7. The van der Waals surface area contributed by atoms with Crippen molar-refractivity contribution in [2.75, 3.05) is 94.9 Å². The van der Waals surface area contributed by atoms with Gasteiger partial charge in [-0.25, -0.2) is 38.6 Å². The number of likely N-dealkylation sites (tertiary alicyclic amines) is 2. The number of carbonyl (C=O) groups is 5. The van der Waals surface area contributed by atoms with Crippen LogP contribution in [0.2, 0.25) is 0 Å². The largest absolute Gasteiger partial charge is 0.481 e. The number of alkyl halides is 1. The number of ether oxygens (including phenoxy) is 2. The van der Waals surface area contributed by atoms with Crippen LogP contribution in [0.4, 0.5) is 45.5 Å². The Balaban J connectivity index is 0.000000217. The molecule has 4 aliphatic rings. The molecule has 5 aromatic heterocycles. The number of carbonyl (C=O) groups excluding carboxylic acids is 4. The van der Waals surface area contributed by atoms with E-state index in [0.717, 1.165) is 83.8 Å². The van der Waals surface area contributed by atoms with E-state index in [1.54, 1.807) is 196 Å². The van der Waals surface area contributed by atoms with Gasteiger partial charge in [0.25, 0.3) is 17.5 Å². The Morgan fingerprint density at radius 2 is 0.940 bits per heavy atom. The first-order chi connectivity index (χ1) is 64.8. The number of oxime groups is 1. The number of piperidine rings is 2. The van der Waals surface area contributed by atoms with Gasteiger partial charge in [-0.2, -0.15) is 4.98 Å². The lowest BCUT2D eigenvalue weighted by Crippen LogP contribution is -2.45. The number of aliphatic hydroxyl groups is 1. The van der Waals surface area contributed by atoms with Crippen molar-refractivity contribution in [2.45, 2.75) is 57.3 Å². The summed E-state index contributed by atoms with van der Waals surface area (Å²) in [4.78, 5) is 142. The monoisotopic (exact) mass is 1950 g/mol. The van der Waals surface area contributed by atoms with E-state index >= 15 is 0 Å². The molecule has 4 saturated heterocycles. The number of aryl methyl sites for hydroxylation is 6. The fraction of sp³-hybridized carbons (Fsp3) is 0.304. The molecule has 702 valence electrons. The van der Waals surface area contributed by atoms with Gasteiger partial charge in [-0.15, -0.1) is 0 Å². The summed E-state index contributed by atoms with van der Waals surface area (Å²) in [6.45, 7) is 32.8. The number of hydrogen-bond acceptors (Lipinski definition) is 22. The number of aromatic amines is 2. The number of hydrogen-bond donors (Lipinski definition) is 11. The number of anilines is 3. The van der Waals surface area contributed by atoms with Crippen LogP contribution in [0.3, 0.4) is 0 Å². The quantitative estimate of drug-likeness (QED) is 0.00659. The fourth-order valence-corrected chi connectivity index (χ4v) is 13.6. The first-order valence-electron chi connectivity index (χ1n) is 42.1. The molecule has 0 saturated carbocycles. The van der Waals surface area contributed by atoms with Crippen LogP contribution in [0.25, 0.3) is 74.9 Å². The summed E-state index contributed by atoms with van der Waals surface area (Å²) >= 11 is 1.96. The molecule has 17 rings (SSSR count). The lowest BCUT2D eigenvalue weighted by Gasteiger charge is -2.30. The Labute approximate surface area is 783 Å². The second-order valence-electron chi connectivity index (χ2n) is 29.7. The molecule has 0 radical (unpaired) electrons. The molecule has 8 aromatic carbocycles.